The van der Waals surface area contributed by atoms with E-state index >= 15 is 0 Å². The average Bonchev–Trinajstić information content (AvgIpc) is 2.57. The van der Waals surface area contributed by atoms with E-state index in [4.69, 9.17) is 4.74 Å². The molecule has 0 N–H and O–H groups in total. The normalized spacial score (nSPS) is 23.5. The van der Waals surface area contributed by atoms with Gasteiger partial charge in [-0.3, -0.25) is 10.1 Å². The number of hydroxylamine groups is 1. The van der Waals surface area contributed by atoms with Crippen LogP contribution in [0.5, 0.6) is 0 Å². The van der Waals surface area contributed by atoms with Crippen LogP contribution in [0, 0.1) is 15.3 Å². The Bertz CT molecular complexity index is 623. The molecule has 1 heterocycles. The maximum Gasteiger partial charge on any atom is 0.340 e. The highest BCUT2D eigenvalue weighted by atomic mass is 16.6. The van der Waals surface area contributed by atoms with Crippen LogP contribution >= 0.6 is 0 Å². The van der Waals surface area contributed by atoms with E-state index in [9.17, 15) is 20.1 Å². The van der Waals surface area contributed by atoms with Crippen LogP contribution in [0.3, 0.4) is 0 Å². The predicted octanol–water partition coefficient (Wildman–Crippen LogP) is 2.61. The first-order valence-electron chi connectivity index (χ1n) is 6.31. The molecule has 1 aliphatic heterocycles. The highest BCUT2D eigenvalue weighted by molar-refractivity contribution is 5.89. The van der Waals surface area contributed by atoms with Gasteiger partial charge >= 0.3 is 5.97 Å². The molecule has 0 saturated carbocycles. The molecule has 1 unspecified atom stereocenters. The molecule has 0 saturated heterocycles. The fraction of sp³-hybridized carbons (Fsp3) is 0.462. The van der Waals surface area contributed by atoms with Gasteiger partial charge in [0.2, 0.25) is 0 Å². The Kier molecular flexibility index (Phi) is 3.40. The van der Waals surface area contributed by atoms with Crippen LogP contribution < -0.4 is 0 Å². The predicted molar refractivity (Wildman–Crippen MR) is 71.7 cm³/mol. The molecule has 0 fully saturated rings. The van der Waals surface area contributed by atoms with Crippen LogP contribution in [0.15, 0.2) is 29.4 Å². The zero-order valence-electron chi connectivity index (χ0n) is 11.9. The van der Waals surface area contributed by atoms with E-state index in [0.717, 1.165) is 0 Å². The van der Waals surface area contributed by atoms with Crippen molar-refractivity contribution in [2.24, 2.45) is 5.11 Å². The first-order chi connectivity index (χ1) is 9.63. The van der Waals surface area contributed by atoms with E-state index in [-0.39, 0.29) is 17.7 Å². The summed E-state index contributed by atoms with van der Waals surface area (Å²) in [5, 5.41) is 26.0. The summed E-state index contributed by atoms with van der Waals surface area (Å²) in [4.78, 5) is 22.6. The van der Waals surface area contributed by atoms with Crippen molar-refractivity contribution in [3.8, 4) is 0 Å². The number of nitro benzene ring substituents is 1. The van der Waals surface area contributed by atoms with E-state index < -0.39 is 22.2 Å². The number of hydrogen-bond donors (Lipinski definition) is 0. The minimum atomic E-state index is -1.23. The molecule has 1 aliphatic rings. The van der Waals surface area contributed by atoms with Gasteiger partial charge < -0.3 is 9.94 Å². The molecule has 0 bridgehead atoms. The number of rotatable bonds is 3. The number of benzene rings is 1. The largest absolute Gasteiger partial charge is 0.599 e. The molecule has 0 aromatic heterocycles. The fourth-order valence-corrected chi connectivity index (χ4v) is 2.27. The van der Waals surface area contributed by atoms with Crippen molar-refractivity contribution in [2.45, 2.75) is 38.5 Å². The summed E-state index contributed by atoms with van der Waals surface area (Å²) in [6.07, 6.45) is 0.266. The second-order valence-corrected chi connectivity index (χ2v) is 5.73. The summed E-state index contributed by atoms with van der Waals surface area (Å²) in [6.45, 7) is 4.96. The monoisotopic (exact) mass is 293 g/mol. The van der Waals surface area contributed by atoms with Gasteiger partial charge in [-0.25, -0.2) is 4.79 Å². The van der Waals surface area contributed by atoms with E-state index in [1.807, 2.05) is 0 Å². The Morgan fingerprint density at radius 3 is 2.33 bits per heavy atom. The van der Waals surface area contributed by atoms with Gasteiger partial charge in [-0.1, -0.05) is 4.86 Å². The van der Waals surface area contributed by atoms with Gasteiger partial charge in [-0.15, -0.1) is 0 Å². The summed E-state index contributed by atoms with van der Waals surface area (Å²) < 4.78 is 5.27. The molecule has 1 aromatic rings. The summed E-state index contributed by atoms with van der Waals surface area (Å²) in [7, 11) is 0. The Hall–Kier alpha value is -2.51. The third-order valence-electron chi connectivity index (χ3n) is 3.21. The van der Waals surface area contributed by atoms with Gasteiger partial charge in [0.25, 0.3) is 11.4 Å². The first kappa shape index (κ1) is 14.9. The van der Waals surface area contributed by atoms with Gasteiger partial charge in [-0.2, -0.15) is 0 Å². The number of azo groups is 1. The van der Waals surface area contributed by atoms with E-state index in [1.54, 1.807) is 20.8 Å². The molecule has 8 heteroatoms. The summed E-state index contributed by atoms with van der Waals surface area (Å²) in [5.41, 5.74) is -1.93. The standard InChI is InChI=1S/C13H15N3O5/c1-12(2)8-13(3,14-16(12)20)21-11(17)9-4-6-10(7-5-9)15(18)19/h4-7H,8H2,1-3H3. The van der Waals surface area contributed by atoms with Crippen molar-refractivity contribution < 1.29 is 19.3 Å². The van der Waals surface area contributed by atoms with Crippen molar-refractivity contribution in [3.05, 3.63) is 45.2 Å². The molecule has 1 aromatic carbocycles. The van der Waals surface area contributed by atoms with Crippen molar-refractivity contribution in [1.29, 1.82) is 0 Å². The molecule has 0 aliphatic carbocycles. The first-order valence-corrected chi connectivity index (χ1v) is 6.31. The second kappa shape index (κ2) is 4.80. The second-order valence-electron chi connectivity index (χ2n) is 5.73. The number of nitro groups is 1. The lowest BCUT2D eigenvalue weighted by Crippen LogP contribution is -2.33. The van der Waals surface area contributed by atoms with Crippen molar-refractivity contribution in [1.82, 2.24) is 0 Å². The molecule has 21 heavy (non-hydrogen) atoms. The van der Waals surface area contributed by atoms with Crippen LogP contribution in [0.25, 0.3) is 0 Å². The number of ether oxygens (including phenoxy) is 1. The lowest BCUT2D eigenvalue weighted by atomic mass is 9.97. The van der Waals surface area contributed by atoms with Gasteiger partial charge in [0.15, 0.2) is 5.54 Å². The SMILES string of the molecule is CC1(OC(=O)c2ccc([N+](=O)[O-])cc2)CC(C)(C)[N+]([O-])=N1. The molecule has 0 spiro atoms. The third kappa shape index (κ3) is 2.99. The quantitative estimate of drug-likeness (QED) is 0.280. The highest BCUT2D eigenvalue weighted by Crippen LogP contribution is 2.35. The van der Waals surface area contributed by atoms with Crippen LogP contribution in [0.1, 0.15) is 37.6 Å². The molecule has 0 radical (unpaired) electrons. The van der Waals surface area contributed by atoms with E-state index in [0.29, 0.717) is 4.86 Å². The molecule has 1 atom stereocenters. The van der Waals surface area contributed by atoms with Gasteiger partial charge in [-0.05, 0) is 12.1 Å². The van der Waals surface area contributed by atoms with Gasteiger partial charge in [0.1, 0.15) is 0 Å². The zero-order chi connectivity index (χ0) is 15.8. The smallest absolute Gasteiger partial charge is 0.340 e. The van der Waals surface area contributed by atoms with Crippen LogP contribution in [0.2, 0.25) is 0 Å². The molecule has 0 amide bonds. The van der Waals surface area contributed by atoms with Crippen LogP contribution in [-0.2, 0) is 4.74 Å². The molecule has 2 rings (SSSR count). The number of nitrogens with zero attached hydrogens (tertiary/aromatic N) is 3. The van der Waals surface area contributed by atoms with Crippen molar-refractivity contribution >= 4 is 11.7 Å². The van der Waals surface area contributed by atoms with Gasteiger partial charge in [0, 0.05) is 38.0 Å². The summed E-state index contributed by atoms with van der Waals surface area (Å²) in [6, 6.07) is 5.04. The van der Waals surface area contributed by atoms with E-state index in [1.165, 1.54) is 24.3 Å². The Balaban J connectivity index is 2.14. The molecule has 112 valence electrons. The Morgan fingerprint density at radius 1 is 1.33 bits per heavy atom. The number of hydrogen-bond acceptors (Lipinski definition) is 6. The summed E-state index contributed by atoms with van der Waals surface area (Å²) in [5.74, 6) is -0.678. The topological polar surface area (TPSA) is 108 Å². The lowest BCUT2D eigenvalue weighted by Gasteiger charge is -2.19. The van der Waals surface area contributed by atoms with E-state index in [2.05, 4.69) is 5.11 Å². The molecule has 8 nitrogen and oxygen atoms in total. The average molecular weight is 293 g/mol. The maximum absolute atomic E-state index is 12.0. The van der Waals surface area contributed by atoms with Gasteiger partial charge in [0.05, 0.1) is 16.9 Å². The molecular weight excluding hydrogens is 278 g/mol. The van der Waals surface area contributed by atoms with Crippen molar-refractivity contribution in [2.75, 3.05) is 0 Å². The van der Waals surface area contributed by atoms with Crippen molar-refractivity contribution in [3.63, 3.8) is 0 Å². The number of carbonyl (C=O) groups is 1. The Morgan fingerprint density at radius 2 is 1.90 bits per heavy atom. The minimum Gasteiger partial charge on any atom is -0.599 e. The molecular formula is C13H15N3O5. The highest BCUT2D eigenvalue weighted by Gasteiger charge is 2.50. The maximum atomic E-state index is 12.0. The third-order valence-corrected chi connectivity index (χ3v) is 3.21. The van der Waals surface area contributed by atoms with Crippen LogP contribution in [0.4, 0.5) is 5.69 Å². The number of non-ortho nitro benzene ring substituents is 1. The fourth-order valence-electron chi connectivity index (χ4n) is 2.27. The lowest BCUT2D eigenvalue weighted by molar-refractivity contribution is -0.589. The number of carbonyl (C=O) groups excluding carboxylic acids is 1. The summed E-state index contributed by atoms with van der Waals surface area (Å²) >= 11 is 0. The zero-order valence-corrected chi connectivity index (χ0v) is 11.9. The minimum absolute atomic E-state index is 0.116. The Labute approximate surface area is 120 Å². The number of esters is 1. The van der Waals surface area contributed by atoms with Crippen LogP contribution in [-0.4, -0.2) is 27.0 Å².